The van der Waals surface area contributed by atoms with Gasteiger partial charge in [0.1, 0.15) is 18.2 Å². The zero-order valence-electron chi connectivity index (χ0n) is 12.7. The molecule has 0 spiro atoms. The fraction of sp³-hybridized carbons (Fsp3) is 0.562. The molecule has 0 saturated carbocycles. The van der Waals surface area contributed by atoms with E-state index in [-0.39, 0.29) is 17.6 Å². The SMILES string of the molecule is CC(C)C(=O)N1CCN(CCOc2ccc(F)cc2)CC1. The molecular weight excluding hydrogens is 271 g/mol. The van der Waals surface area contributed by atoms with E-state index < -0.39 is 0 Å². The molecule has 0 aliphatic carbocycles. The average molecular weight is 294 g/mol. The van der Waals surface area contributed by atoms with Gasteiger partial charge in [0.15, 0.2) is 0 Å². The van der Waals surface area contributed by atoms with Gasteiger partial charge in [0.05, 0.1) is 0 Å². The van der Waals surface area contributed by atoms with Crippen molar-refractivity contribution in [1.82, 2.24) is 9.80 Å². The first-order valence-corrected chi connectivity index (χ1v) is 7.46. The second kappa shape index (κ2) is 7.41. The zero-order chi connectivity index (χ0) is 15.2. The van der Waals surface area contributed by atoms with E-state index in [1.807, 2.05) is 18.7 Å². The molecule has 1 heterocycles. The highest BCUT2D eigenvalue weighted by atomic mass is 19.1. The Morgan fingerprint density at radius 1 is 1.19 bits per heavy atom. The number of rotatable bonds is 5. The summed E-state index contributed by atoms with van der Waals surface area (Å²) in [6, 6.07) is 6.06. The number of nitrogens with zero attached hydrogens (tertiary/aromatic N) is 2. The van der Waals surface area contributed by atoms with Crippen molar-refractivity contribution in [2.75, 3.05) is 39.3 Å². The number of halogens is 1. The minimum Gasteiger partial charge on any atom is -0.492 e. The van der Waals surface area contributed by atoms with Crippen LogP contribution >= 0.6 is 0 Å². The van der Waals surface area contributed by atoms with Crippen LogP contribution in [-0.4, -0.2) is 55.0 Å². The fourth-order valence-corrected chi connectivity index (χ4v) is 2.38. The molecule has 21 heavy (non-hydrogen) atoms. The lowest BCUT2D eigenvalue weighted by molar-refractivity contribution is -0.136. The van der Waals surface area contributed by atoms with E-state index >= 15 is 0 Å². The van der Waals surface area contributed by atoms with E-state index in [4.69, 9.17) is 4.74 Å². The van der Waals surface area contributed by atoms with Gasteiger partial charge in [-0.1, -0.05) is 13.8 Å². The number of ether oxygens (including phenoxy) is 1. The zero-order valence-corrected chi connectivity index (χ0v) is 12.7. The fourth-order valence-electron chi connectivity index (χ4n) is 2.38. The van der Waals surface area contributed by atoms with Gasteiger partial charge in [-0.2, -0.15) is 0 Å². The third-order valence-electron chi connectivity index (χ3n) is 3.67. The summed E-state index contributed by atoms with van der Waals surface area (Å²) in [4.78, 5) is 16.1. The molecule has 1 aromatic rings. The molecule has 2 rings (SSSR count). The third-order valence-corrected chi connectivity index (χ3v) is 3.67. The first-order valence-electron chi connectivity index (χ1n) is 7.46. The molecule has 1 aliphatic rings. The average Bonchev–Trinajstić information content (AvgIpc) is 2.49. The lowest BCUT2D eigenvalue weighted by Gasteiger charge is -2.35. The number of hydrogen-bond acceptors (Lipinski definition) is 3. The Kier molecular flexibility index (Phi) is 5.56. The summed E-state index contributed by atoms with van der Waals surface area (Å²) < 4.78 is 18.3. The Morgan fingerprint density at radius 2 is 1.81 bits per heavy atom. The maximum absolute atomic E-state index is 12.8. The maximum Gasteiger partial charge on any atom is 0.225 e. The van der Waals surface area contributed by atoms with Crippen LogP contribution in [-0.2, 0) is 4.79 Å². The van der Waals surface area contributed by atoms with Gasteiger partial charge < -0.3 is 9.64 Å². The largest absolute Gasteiger partial charge is 0.492 e. The van der Waals surface area contributed by atoms with E-state index in [9.17, 15) is 9.18 Å². The Bertz CT molecular complexity index is 454. The topological polar surface area (TPSA) is 32.8 Å². The standard InChI is InChI=1S/C16H23FN2O2/c1-13(2)16(20)19-9-7-18(8-10-19)11-12-21-15-5-3-14(17)4-6-15/h3-6,13H,7-12H2,1-2H3. The normalized spacial score (nSPS) is 16.3. The monoisotopic (exact) mass is 294 g/mol. The Hall–Kier alpha value is -1.62. The molecule has 0 unspecified atom stereocenters. The van der Waals surface area contributed by atoms with Crippen molar-refractivity contribution in [3.8, 4) is 5.75 Å². The van der Waals surface area contributed by atoms with Gasteiger partial charge in [0.25, 0.3) is 0 Å². The summed E-state index contributed by atoms with van der Waals surface area (Å²) in [5.74, 6) is 0.730. The van der Waals surface area contributed by atoms with Crippen molar-refractivity contribution < 1.29 is 13.9 Å². The molecule has 1 saturated heterocycles. The molecule has 0 radical (unpaired) electrons. The predicted molar refractivity (Wildman–Crippen MR) is 79.8 cm³/mol. The number of carbonyl (C=O) groups is 1. The number of hydrogen-bond donors (Lipinski definition) is 0. The number of carbonyl (C=O) groups excluding carboxylic acids is 1. The number of piperazine rings is 1. The summed E-state index contributed by atoms with van der Waals surface area (Å²) in [5.41, 5.74) is 0. The minimum absolute atomic E-state index is 0.0679. The van der Waals surface area contributed by atoms with Gasteiger partial charge in [-0.3, -0.25) is 9.69 Å². The van der Waals surface area contributed by atoms with Crippen molar-refractivity contribution in [3.05, 3.63) is 30.1 Å². The number of benzene rings is 1. The lowest BCUT2D eigenvalue weighted by Crippen LogP contribution is -2.50. The summed E-state index contributed by atoms with van der Waals surface area (Å²) in [5, 5.41) is 0. The van der Waals surface area contributed by atoms with Crippen molar-refractivity contribution >= 4 is 5.91 Å². The lowest BCUT2D eigenvalue weighted by atomic mass is 10.1. The minimum atomic E-state index is -0.256. The summed E-state index contributed by atoms with van der Waals surface area (Å²) in [6.07, 6.45) is 0. The summed E-state index contributed by atoms with van der Waals surface area (Å²) >= 11 is 0. The van der Waals surface area contributed by atoms with Crippen molar-refractivity contribution in [2.45, 2.75) is 13.8 Å². The van der Waals surface area contributed by atoms with Gasteiger partial charge >= 0.3 is 0 Å². The van der Waals surface area contributed by atoms with E-state index in [1.54, 1.807) is 12.1 Å². The summed E-state index contributed by atoms with van der Waals surface area (Å²) in [7, 11) is 0. The quantitative estimate of drug-likeness (QED) is 0.833. The highest BCUT2D eigenvalue weighted by Gasteiger charge is 2.22. The molecule has 0 N–H and O–H groups in total. The van der Waals surface area contributed by atoms with Crippen LogP contribution < -0.4 is 4.74 Å². The predicted octanol–water partition coefficient (Wildman–Crippen LogP) is 2.00. The Morgan fingerprint density at radius 3 is 2.38 bits per heavy atom. The van der Waals surface area contributed by atoms with Crippen LogP contribution in [0.25, 0.3) is 0 Å². The smallest absolute Gasteiger partial charge is 0.225 e. The Balaban J connectivity index is 1.67. The van der Waals surface area contributed by atoms with Crippen LogP contribution in [0.2, 0.25) is 0 Å². The van der Waals surface area contributed by atoms with Crippen molar-refractivity contribution in [1.29, 1.82) is 0 Å². The van der Waals surface area contributed by atoms with E-state index in [0.29, 0.717) is 12.4 Å². The highest BCUT2D eigenvalue weighted by Crippen LogP contribution is 2.11. The summed E-state index contributed by atoms with van der Waals surface area (Å²) in [6.45, 7) is 8.60. The molecule has 116 valence electrons. The van der Waals surface area contributed by atoms with Crippen molar-refractivity contribution in [2.24, 2.45) is 5.92 Å². The van der Waals surface area contributed by atoms with E-state index in [1.165, 1.54) is 12.1 Å². The van der Waals surface area contributed by atoms with E-state index in [0.717, 1.165) is 32.7 Å². The van der Waals surface area contributed by atoms with Gasteiger partial charge in [0, 0.05) is 38.6 Å². The molecule has 0 bridgehead atoms. The van der Waals surface area contributed by atoms with Gasteiger partial charge in [-0.25, -0.2) is 4.39 Å². The van der Waals surface area contributed by atoms with Crippen LogP contribution in [0, 0.1) is 11.7 Å². The molecule has 1 aromatic carbocycles. The molecule has 5 heteroatoms. The molecule has 1 aliphatic heterocycles. The van der Waals surface area contributed by atoms with Gasteiger partial charge in [-0.05, 0) is 24.3 Å². The van der Waals surface area contributed by atoms with Crippen LogP contribution in [0.4, 0.5) is 4.39 Å². The first-order chi connectivity index (χ1) is 10.1. The van der Waals surface area contributed by atoms with E-state index in [2.05, 4.69) is 4.90 Å². The molecular formula is C16H23FN2O2. The number of amides is 1. The van der Waals surface area contributed by atoms with Crippen LogP contribution in [0.1, 0.15) is 13.8 Å². The second-order valence-electron chi connectivity index (χ2n) is 5.62. The molecule has 0 aromatic heterocycles. The van der Waals surface area contributed by atoms with Crippen LogP contribution in [0.3, 0.4) is 0 Å². The first kappa shape index (κ1) is 15.8. The third kappa shape index (κ3) is 4.70. The van der Waals surface area contributed by atoms with Gasteiger partial charge in [0.2, 0.25) is 5.91 Å². The molecule has 1 fully saturated rings. The van der Waals surface area contributed by atoms with Crippen LogP contribution in [0.15, 0.2) is 24.3 Å². The maximum atomic E-state index is 12.8. The van der Waals surface area contributed by atoms with Crippen molar-refractivity contribution in [3.63, 3.8) is 0 Å². The van der Waals surface area contributed by atoms with Gasteiger partial charge in [-0.15, -0.1) is 0 Å². The molecule has 1 amide bonds. The van der Waals surface area contributed by atoms with Crippen LogP contribution in [0.5, 0.6) is 5.75 Å². The Labute approximate surface area is 125 Å². The second-order valence-corrected chi connectivity index (χ2v) is 5.62. The highest BCUT2D eigenvalue weighted by molar-refractivity contribution is 5.78. The molecule has 4 nitrogen and oxygen atoms in total. The molecule has 0 atom stereocenters.